The molecule has 0 saturated carbocycles. The first-order valence-corrected chi connectivity index (χ1v) is 9.42. The Balaban J connectivity index is 2.88. The molecule has 0 N–H and O–H groups in total. The van der Waals surface area contributed by atoms with Crippen molar-refractivity contribution in [2.45, 2.75) is 25.9 Å². The number of alkyl halides is 3. The van der Waals surface area contributed by atoms with Crippen molar-refractivity contribution in [2.75, 3.05) is 13.2 Å². The van der Waals surface area contributed by atoms with Crippen molar-refractivity contribution in [3.8, 4) is 0 Å². The summed E-state index contributed by atoms with van der Waals surface area (Å²) in [5.41, 5.74) is 0. The van der Waals surface area contributed by atoms with Crippen LogP contribution in [0.2, 0.25) is 0 Å². The van der Waals surface area contributed by atoms with Crippen molar-refractivity contribution in [3.05, 3.63) is 28.7 Å². The van der Waals surface area contributed by atoms with Gasteiger partial charge in [-0.15, -0.1) is 0 Å². The van der Waals surface area contributed by atoms with Crippen LogP contribution in [-0.4, -0.2) is 19.4 Å². The Hall–Kier alpha value is 0.0600. The molecule has 0 fully saturated rings. The third-order valence-corrected chi connectivity index (χ3v) is 6.02. The van der Waals surface area contributed by atoms with E-state index in [2.05, 4.69) is 15.9 Å². The van der Waals surface area contributed by atoms with Crippen LogP contribution in [-0.2, 0) is 20.9 Å². The van der Waals surface area contributed by atoms with Crippen molar-refractivity contribution in [1.29, 1.82) is 0 Å². The van der Waals surface area contributed by atoms with E-state index in [9.17, 15) is 13.2 Å². The summed E-state index contributed by atoms with van der Waals surface area (Å²) in [6, 6.07) is 6.67. The molecule has 0 spiro atoms. The molecule has 0 aromatic heterocycles. The van der Waals surface area contributed by atoms with Crippen LogP contribution in [0.15, 0.2) is 28.7 Å². The van der Waals surface area contributed by atoms with Gasteiger partial charge in [-0.25, -0.2) is 0 Å². The van der Waals surface area contributed by atoms with Crippen LogP contribution in [0, 0.1) is 0 Å². The van der Waals surface area contributed by atoms with Crippen LogP contribution < -0.4 is 5.30 Å². The number of hydrogen-bond donors (Lipinski definition) is 0. The van der Waals surface area contributed by atoms with E-state index in [-0.39, 0.29) is 0 Å². The van der Waals surface area contributed by atoms with Gasteiger partial charge in [0.05, 0.1) is 6.61 Å². The van der Waals surface area contributed by atoms with E-state index in [1.807, 2.05) is 6.92 Å². The fourth-order valence-corrected chi connectivity index (χ4v) is 3.88. The van der Waals surface area contributed by atoms with Crippen molar-refractivity contribution in [1.82, 2.24) is 0 Å². The predicted octanol–water partition coefficient (Wildman–Crippen LogP) is 4.78. The maximum Gasteiger partial charge on any atom is 0.412 e. The zero-order valence-corrected chi connectivity index (χ0v) is 14.1. The molecule has 0 aliphatic carbocycles. The highest BCUT2D eigenvalue weighted by molar-refractivity contribution is 9.10. The van der Waals surface area contributed by atoms with E-state index in [4.69, 9.17) is 20.9 Å². The molecule has 8 heteroatoms. The molecule has 1 atom stereocenters. The van der Waals surface area contributed by atoms with Gasteiger partial charge >= 0.3 is 6.18 Å². The molecule has 0 amide bonds. The molecule has 1 unspecified atom stereocenters. The highest BCUT2D eigenvalue weighted by Gasteiger charge is 2.33. The molecular weight excluding hydrogens is 376 g/mol. The minimum absolute atomic E-state index is 0.293. The summed E-state index contributed by atoms with van der Waals surface area (Å²) >= 11 is 8.51. The number of rotatable bonds is 7. The molecule has 1 rings (SSSR count). The Labute approximate surface area is 130 Å². The first-order chi connectivity index (χ1) is 9.27. The number of halogens is 4. The first kappa shape index (κ1) is 18.1. The molecule has 1 aromatic carbocycles. The van der Waals surface area contributed by atoms with E-state index in [1.54, 1.807) is 24.3 Å². The highest BCUT2D eigenvalue weighted by atomic mass is 79.9. The van der Waals surface area contributed by atoms with Gasteiger partial charge in [0.25, 0.3) is 0 Å². The van der Waals surface area contributed by atoms with Gasteiger partial charge in [0, 0.05) is 9.78 Å². The zero-order chi connectivity index (χ0) is 15.2. The largest absolute Gasteiger partial charge is 0.412 e. The van der Waals surface area contributed by atoms with E-state index in [0.717, 1.165) is 17.3 Å². The van der Waals surface area contributed by atoms with Gasteiger partial charge < -0.3 is 9.05 Å². The standard InChI is InChI=1S/C12H15BrF3O2PS/c1-2-3-8-17-19(20,18-9-12(14,15)16)11-6-4-10(13)5-7-11/h4-7H,2-3,8-9H2,1H3. The first-order valence-electron chi connectivity index (χ1n) is 5.99. The monoisotopic (exact) mass is 390 g/mol. The summed E-state index contributed by atoms with van der Waals surface area (Å²) in [5, 5.41) is 0.482. The Morgan fingerprint density at radius 3 is 2.30 bits per heavy atom. The lowest BCUT2D eigenvalue weighted by molar-refractivity contribution is -0.153. The van der Waals surface area contributed by atoms with E-state index < -0.39 is 19.3 Å². The number of unbranched alkanes of at least 4 members (excludes halogenated alkanes) is 1. The van der Waals surface area contributed by atoms with Gasteiger partial charge in [-0.1, -0.05) is 29.3 Å². The van der Waals surface area contributed by atoms with Crippen LogP contribution >= 0.6 is 22.4 Å². The van der Waals surface area contributed by atoms with E-state index >= 15 is 0 Å². The molecule has 0 radical (unpaired) electrons. The smallest absolute Gasteiger partial charge is 0.326 e. The molecular formula is C12H15BrF3O2PS. The quantitative estimate of drug-likeness (QED) is 0.493. The van der Waals surface area contributed by atoms with E-state index in [0.29, 0.717) is 11.9 Å². The summed E-state index contributed by atoms with van der Waals surface area (Å²) in [6.07, 6.45) is -2.83. The Morgan fingerprint density at radius 2 is 1.80 bits per heavy atom. The topological polar surface area (TPSA) is 18.5 Å². The fraction of sp³-hybridized carbons (Fsp3) is 0.500. The Kier molecular flexibility index (Phi) is 7.15. The second-order valence-corrected chi connectivity index (χ2v) is 8.43. The lowest BCUT2D eigenvalue weighted by atomic mass is 10.4. The molecule has 20 heavy (non-hydrogen) atoms. The van der Waals surface area contributed by atoms with Crippen LogP contribution in [0.3, 0.4) is 0 Å². The molecule has 114 valence electrons. The lowest BCUT2D eigenvalue weighted by Gasteiger charge is -2.23. The molecule has 1 aromatic rings. The lowest BCUT2D eigenvalue weighted by Crippen LogP contribution is -2.20. The third-order valence-electron chi connectivity index (χ3n) is 2.30. The minimum atomic E-state index is -4.42. The van der Waals surface area contributed by atoms with Crippen LogP contribution in [0.25, 0.3) is 0 Å². The van der Waals surface area contributed by atoms with Crippen molar-refractivity contribution < 1.29 is 22.2 Å². The summed E-state index contributed by atoms with van der Waals surface area (Å²) in [5.74, 6) is 0. The summed E-state index contributed by atoms with van der Waals surface area (Å²) < 4.78 is 48.2. The van der Waals surface area contributed by atoms with Crippen LogP contribution in [0.5, 0.6) is 0 Å². The van der Waals surface area contributed by atoms with Gasteiger partial charge in [0.2, 0.25) is 6.49 Å². The van der Waals surface area contributed by atoms with Gasteiger partial charge in [0.15, 0.2) is 6.61 Å². The van der Waals surface area contributed by atoms with Gasteiger partial charge in [0.1, 0.15) is 0 Å². The van der Waals surface area contributed by atoms with Gasteiger partial charge in [-0.2, -0.15) is 13.2 Å². The molecule has 0 saturated heterocycles. The fourth-order valence-electron chi connectivity index (χ4n) is 1.30. The van der Waals surface area contributed by atoms with E-state index in [1.165, 1.54) is 0 Å². The Morgan fingerprint density at radius 1 is 1.20 bits per heavy atom. The molecule has 2 nitrogen and oxygen atoms in total. The summed E-state index contributed by atoms with van der Waals surface area (Å²) in [6.45, 7) is -2.27. The number of benzene rings is 1. The van der Waals surface area contributed by atoms with Crippen molar-refractivity contribution in [3.63, 3.8) is 0 Å². The molecule has 0 aliphatic rings. The summed E-state index contributed by atoms with van der Waals surface area (Å²) in [4.78, 5) is 0. The maximum absolute atomic E-state index is 12.3. The average molecular weight is 391 g/mol. The molecule has 0 bridgehead atoms. The zero-order valence-electron chi connectivity index (χ0n) is 10.8. The normalized spacial score (nSPS) is 15.1. The van der Waals surface area contributed by atoms with Crippen LogP contribution in [0.4, 0.5) is 13.2 Å². The van der Waals surface area contributed by atoms with Crippen molar-refractivity contribution in [2.24, 2.45) is 0 Å². The van der Waals surface area contributed by atoms with Crippen LogP contribution in [0.1, 0.15) is 19.8 Å². The predicted molar refractivity (Wildman–Crippen MR) is 80.9 cm³/mol. The highest BCUT2D eigenvalue weighted by Crippen LogP contribution is 2.48. The third kappa shape index (κ3) is 6.22. The average Bonchev–Trinajstić information content (AvgIpc) is 2.37. The number of hydrogen-bond acceptors (Lipinski definition) is 3. The maximum atomic E-state index is 12.3. The molecule has 0 heterocycles. The second-order valence-electron chi connectivity index (χ2n) is 4.05. The SMILES string of the molecule is CCCCOP(=S)(OCC(F)(F)F)c1ccc(Br)cc1. The van der Waals surface area contributed by atoms with Gasteiger partial charge in [-0.05, 0) is 42.5 Å². The second kappa shape index (κ2) is 7.90. The Bertz CT molecular complexity index is 465. The van der Waals surface area contributed by atoms with Gasteiger partial charge in [-0.3, -0.25) is 0 Å². The molecule has 0 aliphatic heterocycles. The minimum Gasteiger partial charge on any atom is -0.326 e. The van der Waals surface area contributed by atoms with Crippen molar-refractivity contribution >= 4 is 39.5 Å². The summed E-state index contributed by atoms with van der Waals surface area (Å²) in [7, 11) is 0.